The molecule has 0 aromatic heterocycles. The van der Waals surface area contributed by atoms with Gasteiger partial charge in [0.15, 0.2) is 0 Å². The quantitative estimate of drug-likeness (QED) is 0.122. The van der Waals surface area contributed by atoms with E-state index in [2.05, 4.69) is 142 Å². The Hall–Kier alpha value is -7.60. The zero-order valence-corrected chi connectivity index (χ0v) is 49.3. The normalized spacial score (nSPS) is 14.8. The molecule has 2 heterocycles. The van der Waals surface area contributed by atoms with Crippen molar-refractivity contribution >= 4 is 35.1 Å². The topological polar surface area (TPSA) is 170 Å². The SMILES string of the molecule is COC(=O)c1cc2cc(c1)NC(=O)CCCCC(=O)Nc1cc(cc(C(=O)OC)c1)COc1c3cc(C(C)(C)C)cc1Cc1cc(C(C)(C)C)cc(c1O)Cc1cc(C(C)(C)C)cc(c1OC2)Cc1cc(C(C)(C)C)cc(c1O)C3. The van der Waals surface area contributed by atoms with Gasteiger partial charge >= 0.3 is 11.9 Å². The van der Waals surface area contributed by atoms with E-state index in [1.54, 1.807) is 36.4 Å². The molecule has 0 atom stereocenters. The van der Waals surface area contributed by atoms with Gasteiger partial charge in [0.05, 0.1) is 25.3 Å². The highest BCUT2D eigenvalue weighted by atomic mass is 16.5. The first-order chi connectivity index (χ1) is 37.5. The summed E-state index contributed by atoms with van der Waals surface area (Å²) < 4.78 is 24.6. The van der Waals surface area contributed by atoms with E-state index in [-0.39, 0.29) is 108 Å². The largest absolute Gasteiger partial charge is 0.507 e. The molecule has 3 aliphatic rings. The minimum absolute atomic E-state index is 0.0205. The van der Waals surface area contributed by atoms with E-state index >= 15 is 0 Å². The number of hydrogen-bond donors (Lipinski definition) is 4. The van der Waals surface area contributed by atoms with Crippen molar-refractivity contribution < 1.29 is 48.3 Å². The van der Waals surface area contributed by atoms with Crippen LogP contribution in [0.25, 0.3) is 0 Å². The maximum absolute atomic E-state index is 13.6. The average Bonchev–Trinajstić information content (AvgIpc) is 3.39. The fourth-order valence-electron chi connectivity index (χ4n) is 10.5. The van der Waals surface area contributed by atoms with E-state index in [0.29, 0.717) is 69.1 Å². The number of aromatic hydroxyl groups is 2. The highest BCUT2D eigenvalue weighted by Gasteiger charge is 2.29. The highest BCUT2D eigenvalue weighted by Crippen LogP contribution is 2.44. The van der Waals surface area contributed by atoms with Crippen molar-refractivity contribution in [2.45, 2.75) is 169 Å². The molecule has 422 valence electrons. The Morgan fingerprint density at radius 1 is 0.425 bits per heavy atom. The van der Waals surface area contributed by atoms with E-state index in [4.69, 9.17) is 18.9 Å². The predicted octanol–water partition coefficient (Wildman–Crippen LogP) is 14.1. The van der Waals surface area contributed by atoms with Crippen LogP contribution in [0.2, 0.25) is 0 Å². The molecular formula is C68H80N2O10. The summed E-state index contributed by atoms with van der Waals surface area (Å²) in [5, 5.41) is 31.7. The molecule has 2 amide bonds. The summed E-state index contributed by atoms with van der Waals surface area (Å²) in [5.74, 6) is -0.378. The number of amides is 2. The molecule has 80 heavy (non-hydrogen) atoms. The van der Waals surface area contributed by atoms with Crippen molar-refractivity contribution in [2.75, 3.05) is 24.9 Å². The van der Waals surface area contributed by atoms with Crippen molar-refractivity contribution in [1.82, 2.24) is 0 Å². The molecule has 0 radical (unpaired) electrons. The number of benzene rings is 6. The van der Waals surface area contributed by atoms with Crippen LogP contribution in [0.1, 0.15) is 207 Å². The third kappa shape index (κ3) is 13.7. The van der Waals surface area contributed by atoms with Gasteiger partial charge in [0.25, 0.3) is 0 Å². The maximum atomic E-state index is 13.6. The number of phenolic OH excluding ortho intramolecular Hbond substituents is 2. The summed E-state index contributed by atoms with van der Waals surface area (Å²) in [6.07, 6.45) is 2.06. The molecule has 0 fully saturated rings. The van der Waals surface area contributed by atoms with Crippen molar-refractivity contribution in [1.29, 1.82) is 0 Å². The van der Waals surface area contributed by atoms with Gasteiger partial charge < -0.3 is 39.8 Å². The number of carbonyl (C=O) groups excluding carboxylic acids is 4. The number of nitrogens with one attached hydrogen (secondary N) is 2. The van der Waals surface area contributed by atoms with Crippen LogP contribution in [0.5, 0.6) is 23.0 Å². The second-order valence-corrected chi connectivity index (χ2v) is 25.9. The summed E-state index contributed by atoms with van der Waals surface area (Å²) in [7, 11) is 2.61. The van der Waals surface area contributed by atoms with Crippen LogP contribution in [0.4, 0.5) is 11.4 Å². The lowest BCUT2D eigenvalue weighted by atomic mass is 9.79. The highest BCUT2D eigenvalue weighted by molar-refractivity contribution is 5.96. The van der Waals surface area contributed by atoms with Gasteiger partial charge in [0.2, 0.25) is 11.8 Å². The van der Waals surface area contributed by atoms with Crippen LogP contribution in [0, 0.1) is 0 Å². The monoisotopic (exact) mass is 1080 g/mol. The van der Waals surface area contributed by atoms with Gasteiger partial charge in [0.1, 0.15) is 36.2 Å². The molecule has 6 aromatic rings. The lowest BCUT2D eigenvalue weighted by molar-refractivity contribution is -0.118. The average molecular weight is 1090 g/mol. The fourth-order valence-corrected chi connectivity index (χ4v) is 10.5. The number of hydrogen-bond acceptors (Lipinski definition) is 10. The molecule has 9 rings (SSSR count). The van der Waals surface area contributed by atoms with E-state index in [9.17, 15) is 29.4 Å². The van der Waals surface area contributed by atoms with Gasteiger partial charge in [-0.2, -0.15) is 0 Å². The molecule has 2 aliphatic heterocycles. The summed E-state index contributed by atoms with van der Waals surface area (Å²) in [6.45, 7) is 25.9. The summed E-state index contributed by atoms with van der Waals surface area (Å²) >= 11 is 0. The Bertz CT molecular complexity index is 3070. The van der Waals surface area contributed by atoms with Gasteiger partial charge in [-0.15, -0.1) is 0 Å². The van der Waals surface area contributed by atoms with Crippen molar-refractivity contribution in [3.05, 3.63) is 174 Å². The molecule has 0 saturated carbocycles. The van der Waals surface area contributed by atoms with Crippen LogP contribution >= 0.6 is 0 Å². The molecule has 1 aliphatic carbocycles. The number of anilines is 2. The van der Waals surface area contributed by atoms with Crippen LogP contribution in [-0.2, 0) is 79.6 Å². The predicted molar refractivity (Wildman–Crippen MR) is 315 cm³/mol. The fraction of sp³-hybridized carbons (Fsp3) is 0.412. The minimum atomic E-state index is -0.591. The van der Waals surface area contributed by atoms with Crippen molar-refractivity contribution in [2.24, 2.45) is 0 Å². The Balaban J connectivity index is 1.46. The third-order valence-electron chi connectivity index (χ3n) is 15.2. The van der Waals surface area contributed by atoms with Gasteiger partial charge in [-0.1, -0.05) is 132 Å². The first-order valence-corrected chi connectivity index (χ1v) is 27.8. The Kier molecular flexibility index (Phi) is 16.7. The number of esters is 2. The first kappa shape index (κ1) is 58.5. The summed E-state index contributed by atoms with van der Waals surface area (Å²) in [5.41, 5.74) is 11.2. The molecule has 0 saturated heterocycles. The number of rotatable bonds is 2. The smallest absolute Gasteiger partial charge is 0.337 e. The third-order valence-corrected chi connectivity index (χ3v) is 15.2. The Morgan fingerprint density at radius 2 is 0.700 bits per heavy atom. The molecule has 4 N–H and O–H groups in total. The molecule has 14 bridgehead atoms. The Morgan fingerprint density at radius 3 is 0.963 bits per heavy atom. The second-order valence-electron chi connectivity index (χ2n) is 25.9. The Labute approximate surface area is 472 Å². The molecule has 0 unspecified atom stereocenters. The second kappa shape index (κ2) is 22.9. The van der Waals surface area contributed by atoms with E-state index in [0.717, 1.165) is 44.5 Å². The lowest BCUT2D eigenvalue weighted by Gasteiger charge is -2.28. The van der Waals surface area contributed by atoms with Gasteiger partial charge in [0, 0.05) is 49.9 Å². The maximum Gasteiger partial charge on any atom is 0.337 e. The van der Waals surface area contributed by atoms with Crippen LogP contribution in [0.15, 0.2) is 84.9 Å². The van der Waals surface area contributed by atoms with Gasteiger partial charge in [-0.3, -0.25) is 9.59 Å². The van der Waals surface area contributed by atoms with Crippen molar-refractivity contribution in [3.63, 3.8) is 0 Å². The van der Waals surface area contributed by atoms with Crippen LogP contribution in [-0.4, -0.2) is 48.2 Å². The first-order valence-electron chi connectivity index (χ1n) is 27.8. The van der Waals surface area contributed by atoms with Crippen LogP contribution < -0.4 is 20.1 Å². The minimum Gasteiger partial charge on any atom is -0.507 e. The molecule has 12 heteroatoms. The number of phenols is 2. The summed E-state index contributed by atoms with van der Waals surface area (Å²) in [4.78, 5) is 53.6. The van der Waals surface area contributed by atoms with E-state index in [1.807, 2.05) is 0 Å². The molecule has 6 aromatic carbocycles. The molecule has 0 spiro atoms. The van der Waals surface area contributed by atoms with Gasteiger partial charge in [-0.25, -0.2) is 9.59 Å². The van der Waals surface area contributed by atoms with Gasteiger partial charge in [-0.05, 0) is 149 Å². The zero-order chi connectivity index (χ0) is 58.2. The number of ether oxygens (including phenoxy) is 4. The standard InChI is InChI=1S/C68H80N2O10/c1-65(2,3)51-27-41-23-45-31-53(67(7,8)9)33-47-25-43-29-52(66(4,5)6)30-44(60(43)74)26-48-34-54(68(10,11)12)32-46(24-42(28-51)59(41)73)62(48)80-38-40-20-50(64(76)78-14)36-56(22-40)70-58(72)18-16-15-17-57(71)69-55-21-39(37-79-61(45)47)19-49(35-55)63(75)77-13/h19-22,27-36,73-74H,15-18,23-26,37-38H2,1-14H3,(H,69,71)(H,70,72). The molecular weight excluding hydrogens is 1000 g/mol. The van der Waals surface area contributed by atoms with E-state index < -0.39 is 11.9 Å². The number of methoxy groups -OCH3 is 2. The zero-order valence-electron chi connectivity index (χ0n) is 49.3. The van der Waals surface area contributed by atoms with Crippen molar-refractivity contribution in [3.8, 4) is 23.0 Å². The number of fused-ring (bicyclic) bond motifs is 9. The molecule has 12 nitrogen and oxygen atoms in total. The summed E-state index contributed by atoms with van der Waals surface area (Å²) in [6, 6.07) is 27.0. The van der Waals surface area contributed by atoms with E-state index in [1.165, 1.54) is 14.2 Å². The van der Waals surface area contributed by atoms with Crippen LogP contribution in [0.3, 0.4) is 0 Å². The number of carbonyl (C=O) groups is 4. The lowest BCUT2D eigenvalue weighted by Crippen LogP contribution is -2.17.